The fraction of sp³-hybridized carbons (Fsp3) is 0. The van der Waals surface area contributed by atoms with E-state index in [0.717, 1.165) is 6.47 Å². The van der Waals surface area contributed by atoms with Crippen molar-refractivity contribution in [2.45, 2.75) is 0 Å². The van der Waals surface area contributed by atoms with Gasteiger partial charge in [0.2, 0.25) is 0 Å². The molecule has 5 nitrogen and oxygen atoms in total. The molecule has 0 spiro atoms. The van der Waals surface area contributed by atoms with Crippen molar-refractivity contribution in [3.05, 3.63) is 37.3 Å². The van der Waals surface area contributed by atoms with Gasteiger partial charge in [-0.25, -0.2) is 0 Å². The molecule has 4 N–H and O–H groups in total. The number of benzene rings is 1. The van der Waals surface area contributed by atoms with E-state index in [0.29, 0.717) is 11.3 Å². The third-order valence-electron chi connectivity index (χ3n) is 1.39. The van der Waals surface area contributed by atoms with Crippen LogP contribution >= 0.6 is 0 Å². The van der Waals surface area contributed by atoms with Gasteiger partial charge in [-0.05, 0) is 30.7 Å². The molecule has 1 rings (SSSR count). The number of nitrogens with zero attached hydrogens (tertiary/aromatic N) is 1. The molecular formula is C9H11N3O2Rb-. The zero-order valence-electron chi connectivity index (χ0n) is 8.73. The van der Waals surface area contributed by atoms with Crippen LogP contribution in [-0.4, -0.2) is 12.3 Å². The zero-order chi connectivity index (χ0) is 9.68. The number of carbonyl (C=O) groups excluding carboxylic acids is 1. The molecule has 0 radical (unpaired) electrons. The molecule has 0 unspecified atom stereocenters. The van der Waals surface area contributed by atoms with Gasteiger partial charge in [0.15, 0.2) is 5.84 Å². The smallest absolute Gasteiger partial charge is 0.524 e. The topological polar surface area (TPSA) is 90.7 Å². The predicted octanol–water partition coefficient (Wildman–Crippen LogP) is -2.57. The molecule has 0 saturated carbocycles. The molecule has 0 aromatic heterocycles. The molecule has 0 aliphatic heterocycles. The van der Waals surface area contributed by atoms with Crippen LogP contribution in [0.15, 0.2) is 29.4 Å². The SMILES string of the molecule is N/C(=N\O[C-]=O)c1ccc(N)cc1.[CH3-].[Rb+]. The maximum absolute atomic E-state index is 9.66. The normalized spacial score (nSPS) is 9.47. The van der Waals surface area contributed by atoms with E-state index < -0.39 is 0 Å². The summed E-state index contributed by atoms with van der Waals surface area (Å²) in [4.78, 5) is 13.7. The molecule has 76 valence electrons. The first kappa shape index (κ1) is 17.2. The van der Waals surface area contributed by atoms with Gasteiger partial charge >= 0.3 is 58.2 Å². The second-order valence-electron chi connectivity index (χ2n) is 2.27. The monoisotopic (exact) mass is 278 g/mol. The second kappa shape index (κ2) is 9.02. The zero-order valence-corrected chi connectivity index (χ0v) is 13.6. The van der Waals surface area contributed by atoms with Gasteiger partial charge in [-0.3, -0.25) is 0 Å². The first-order chi connectivity index (χ1) is 6.24. The summed E-state index contributed by atoms with van der Waals surface area (Å²) in [5, 5.41) is 3.27. The Morgan fingerprint density at radius 1 is 1.33 bits per heavy atom. The number of nitrogens with two attached hydrogens (primary N) is 2. The predicted molar refractivity (Wildman–Crippen MR) is 54.8 cm³/mol. The van der Waals surface area contributed by atoms with Crippen LogP contribution in [0, 0.1) is 7.43 Å². The van der Waals surface area contributed by atoms with E-state index in [1.165, 1.54) is 0 Å². The van der Waals surface area contributed by atoms with Gasteiger partial charge in [-0.2, -0.15) is 0 Å². The van der Waals surface area contributed by atoms with Crippen LogP contribution in [0.4, 0.5) is 5.69 Å². The Morgan fingerprint density at radius 2 is 1.87 bits per heavy atom. The van der Waals surface area contributed by atoms with Crippen LogP contribution in [0.25, 0.3) is 0 Å². The molecule has 0 amide bonds. The number of hydrogen-bond acceptors (Lipinski definition) is 4. The number of anilines is 1. The Kier molecular flexibility index (Phi) is 10.3. The van der Waals surface area contributed by atoms with Crippen LogP contribution in [-0.2, 0) is 9.63 Å². The van der Waals surface area contributed by atoms with Crippen LogP contribution < -0.4 is 69.7 Å². The van der Waals surface area contributed by atoms with Crippen LogP contribution in [0.2, 0.25) is 0 Å². The fourth-order valence-corrected chi connectivity index (χ4v) is 0.774. The Labute approximate surface area is 138 Å². The maximum atomic E-state index is 9.66. The molecule has 0 aliphatic carbocycles. The van der Waals surface area contributed by atoms with E-state index in [4.69, 9.17) is 11.5 Å². The third-order valence-corrected chi connectivity index (χ3v) is 1.39. The van der Waals surface area contributed by atoms with Crippen molar-refractivity contribution < 1.29 is 67.8 Å². The van der Waals surface area contributed by atoms with Gasteiger partial charge in [0.1, 0.15) is 0 Å². The maximum Gasteiger partial charge on any atom is 1.00 e. The van der Waals surface area contributed by atoms with Crippen molar-refractivity contribution in [2.75, 3.05) is 5.73 Å². The quantitative estimate of drug-likeness (QED) is 0.159. The van der Waals surface area contributed by atoms with Gasteiger partial charge in [-0.15, -0.1) is 0 Å². The number of nitrogen functional groups attached to an aromatic ring is 1. The first-order valence-electron chi connectivity index (χ1n) is 3.46. The Bertz CT molecular complexity index is 325. The van der Waals surface area contributed by atoms with Gasteiger partial charge in [0.05, 0.1) is 0 Å². The summed E-state index contributed by atoms with van der Waals surface area (Å²) in [6, 6.07) is 6.68. The van der Waals surface area contributed by atoms with Gasteiger partial charge in [-0.1, -0.05) is 5.16 Å². The molecular weight excluding hydrogens is 268 g/mol. The summed E-state index contributed by atoms with van der Waals surface area (Å²) in [7, 11) is 0. The molecule has 0 bridgehead atoms. The fourth-order valence-electron chi connectivity index (χ4n) is 0.774. The summed E-state index contributed by atoms with van der Waals surface area (Å²) in [5.41, 5.74) is 12.1. The summed E-state index contributed by atoms with van der Waals surface area (Å²) in [6.45, 7) is 1.14. The van der Waals surface area contributed by atoms with Crippen molar-refractivity contribution >= 4 is 18.0 Å². The van der Waals surface area contributed by atoms with Crippen molar-refractivity contribution in [3.8, 4) is 0 Å². The summed E-state index contributed by atoms with van der Waals surface area (Å²) >= 11 is 0. The Hall–Kier alpha value is -0.235. The minimum atomic E-state index is 0. The minimum absolute atomic E-state index is 0. The van der Waals surface area contributed by atoms with Crippen LogP contribution in [0.3, 0.4) is 0 Å². The summed E-state index contributed by atoms with van der Waals surface area (Å²) in [6.07, 6.45) is 0. The van der Waals surface area contributed by atoms with E-state index in [-0.39, 0.29) is 71.4 Å². The van der Waals surface area contributed by atoms with Crippen LogP contribution in [0.5, 0.6) is 0 Å². The average Bonchev–Trinajstić information content (AvgIpc) is 2.15. The number of oxime groups is 1. The summed E-state index contributed by atoms with van der Waals surface area (Å²) < 4.78 is 0. The molecule has 0 heterocycles. The number of hydrogen-bond donors (Lipinski definition) is 2. The van der Waals surface area contributed by atoms with Crippen molar-refractivity contribution in [2.24, 2.45) is 10.9 Å². The van der Waals surface area contributed by atoms with Gasteiger partial charge in [0.25, 0.3) is 0 Å². The van der Waals surface area contributed by atoms with E-state index in [9.17, 15) is 4.79 Å². The molecule has 15 heavy (non-hydrogen) atoms. The van der Waals surface area contributed by atoms with Crippen molar-refractivity contribution in [1.82, 2.24) is 0 Å². The van der Waals surface area contributed by atoms with Crippen molar-refractivity contribution in [3.63, 3.8) is 0 Å². The van der Waals surface area contributed by atoms with Crippen LogP contribution in [0.1, 0.15) is 5.56 Å². The molecule has 0 aliphatic rings. The Morgan fingerprint density at radius 3 is 2.33 bits per heavy atom. The largest absolute Gasteiger partial charge is 1.00 e. The average molecular weight is 279 g/mol. The minimum Gasteiger partial charge on any atom is -0.524 e. The molecule has 0 atom stereocenters. The molecule has 6 heteroatoms. The summed E-state index contributed by atoms with van der Waals surface area (Å²) in [5.74, 6) is 0.100. The van der Waals surface area contributed by atoms with E-state index in [1.807, 2.05) is 0 Å². The number of amidine groups is 1. The van der Waals surface area contributed by atoms with Gasteiger partial charge in [0, 0.05) is 11.3 Å². The molecule has 1 aromatic rings. The first-order valence-corrected chi connectivity index (χ1v) is 3.46. The van der Waals surface area contributed by atoms with E-state index in [2.05, 4.69) is 9.99 Å². The second-order valence-corrected chi connectivity index (χ2v) is 2.27. The van der Waals surface area contributed by atoms with Crippen molar-refractivity contribution in [1.29, 1.82) is 0 Å². The standard InChI is InChI=1S/C8H8N3O2.CH3.Rb/c9-7-3-1-6(2-4-7)8(10)11-13-5-12;;/h1-4H,9H2,(H2,10,11);1H3;/q2*-1;+1. The molecule has 1 aromatic carbocycles. The molecule has 0 fully saturated rings. The number of rotatable bonds is 3. The third kappa shape index (κ3) is 6.04. The van der Waals surface area contributed by atoms with E-state index >= 15 is 0 Å². The van der Waals surface area contributed by atoms with Gasteiger partial charge < -0.3 is 28.5 Å². The Balaban J connectivity index is 0. The molecule has 0 saturated heterocycles. The van der Waals surface area contributed by atoms with E-state index in [1.54, 1.807) is 24.3 Å².